The zero-order chi connectivity index (χ0) is 28.0. The van der Waals surface area contributed by atoms with E-state index in [1.165, 1.54) is 0 Å². The minimum atomic E-state index is -5.08. The predicted octanol–water partition coefficient (Wildman–Crippen LogP) is 3.08. The molecule has 1 aliphatic heterocycles. The number of morpholine rings is 1. The number of hydrogen-bond acceptors (Lipinski definition) is 8. The Hall–Kier alpha value is -3.65. The first-order chi connectivity index (χ1) is 18.1. The van der Waals surface area contributed by atoms with E-state index in [0.717, 1.165) is 51.4 Å². The molecule has 1 aliphatic rings. The molecular weight excluding hydrogens is 513 g/mol. The molecule has 1 fully saturated rings. The number of halogens is 3. The van der Waals surface area contributed by atoms with E-state index in [-0.39, 0.29) is 24.1 Å². The first kappa shape index (κ1) is 30.6. The van der Waals surface area contributed by atoms with Crippen molar-refractivity contribution >= 4 is 23.5 Å². The van der Waals surface area contributed by atoms with Crippen molar-refractivity contribution in [3.05, 3.63) is 41.8 Å². The van der Waals surface area contributed by atoms with Crippen molar-refractivity contribution in [3.63, 3.8) is 0 Å². The van der Waals surface area contributed by atoms with Crippen molar-refractivity contribution < 1.29 is 46.7 Å². The van der Waals surface area contributed by atoms with Crippen LogP contribution in [0.2, 0.25) is 0 Å². The van der Waals surface area contributed by atoms with Crippen LogP contribution < -0.4 is 15.4 Å². The van der Waals surface area contributed by atoms with Gasteiger partial charge in [-0.05, 0) is 30.7 Å². The van der Waals surface area contributed by atoms with Gasteiger partial charge in [-0.15, -0.1) is 0 Å². The monoisotopic (exact) mass is 544 g/mol. The standard InChI is InChI=1S/C22H30N4O5.C2HF3O2/c1-2-3-4-21(27)24-17-5-7-18(8-6-17)30-16-19-15-20(25-31-19)22(28)23-9-10-26-11-13-29-14-12-26;3-2(4,5)1(6)7/h5-8,15H,2-4,9-14,16H2,1H3,(H,23,28)(H,24,27);(H,6,7). The van der Waals surface area contributed by atoms with Gasteiger partial charge < -0.3 is 29.7 Å². The number of nitrogens with one attached hydrogen (secondary N) is 2. The lowest BCUT2D eigenvalue weighted by Gasteiger charge is -2.26. The maximum absolute atomic E-state index is 12.2. The Bertz CT molecular complexity index is 1020. The molecule has 0 atom stereocenters. The highest BCUT2D eigenvalue weighted by atomic mass is 19.4. The molecule has 2 aromatic rings. The quantitative estimate of drug-likeness (QED) is 0.389. The highest BCUT2D eigenvalue weighted by Gasteiger charge is 2.38. The van der Waals surface area contributed by atoms with Gasteiger partial charge in [-0.3, -0.25) is 14.5 Å². The number of nitrogens with zero attached hydrogens (tertiary/aromatic N) is 2. The zero-order valence-corrected chi connectivity index (χ0v) is 20.9. The second-order valence-electron chi connectivity index (χ2n) is 8.16. The summed E-state index contributed by atoms with van der Waals surface area (Å²) >= 11 is 0. The molecule has 0 saturated carbocycles. The van der Waals surface area contributed by atoms with Gasteiger partial charge in [-0.1, -0.05) is 18.5 Å². The van der Waals surface area contributed by atoms with Crippen LogP contribution in [0.1, 0.15) is 42.4 Å². The van der Waals surface area contributed by atoms with Gasteiger partial charge in [0.2, 0.25) is 5.91 Å². The number of carboxylic acid groups (broad SMARTS) is 1. The lowest BCUT2D eigenvalue weighted by Crippen LogP contribution is -2.41. The van der Waals surface area contributed by atoms with Crippen LogP contribution >= 0.6 is 0 Å². The van der Waals surface area contributed by atoms with Crippen molar-refractivity contribution in [2.24, 2.45) is 0 Å². The second kappa shape index (κ2) is 15.6. The van der Waals surface area contributed by atoms with Gasteiger partial charge in [0, 0.05) is 44.4 Å². The van der Waals surface area contributed by atoms with Crippen molar-refractivity contribution in [1.29, 1.82) is 0 Å². The molecule has 3 rings (SSSR count). The SMILES string of the molecule is CCCCC(=O)Nc1ccc(OCc2cc(C(=O)NCCN3CCOCC3)no2)cc1.O=C(O)C(F)(F)F. The number of aliphatic carboxylic acids is 1. The molecule has 0 radical (unpaired) electrons. The fourth-order valence-electron chi connectivity index (χ4n) is 3.08. The summed E-state index contributed by atoms with van der Waals surface area (Å²) in [5.74, 6) is -1.94. The lowest BCUT2D eigenvalue weighted by molar-refractivity contribution is -0.192. The van der Waals surface area contributed by atoms with Gasteiger partial charge in [0.25, 0.3) is 5.91 Å². The van der Waals surface area contributed by atoms with Gasteiger partial charge in [0.15, 0.2) is 11.5 Å². The highest BCUT2D eigenvalue weighted by molar-refractivity contribution is 5.92. The topological polar surface area (TPSA) is 143 Å². The average Bonchev–Trinajstić information content (AvgIpc) is 3.37. The molecule has 1 saturated heterocycles. The van der Waals surface area contributed by atoms with Crippen molar-refractivity contribution in [2.45, 2.75) is 39.0 Å². The van der Waals surface area contributed by atoms with Crippen molar-refractivity contribution in [1.82, 2.24) is 15.4 Å². The number of hydrogen-bond donors (Lipinski definition) is 3. The molecule has 210 valence electrons. The molecule has 0 aliphatic carbocycles. The smallest absolute Gasteiger partial charge is 0.486 e. The summed E-state index contributed by atoms with van der Waals surface area (Å²) in [6.07, 6.45) is -2.71. The second-order valence-corrected chi connectivity index (χ2v) is 8.16. The van der Waals surface area contributed by atoms with E-state index in [2.05, 4.69) is 27.6 Å². The number of benzene rings is 1. The first-order valence-electron chi connectivity index (χ1n) is 11.9. The Labute approximate surface area is 217 Å². The van der Waals surface area contributed by atoms with Crippen LogP contribution in [0.25, 0.3) is 0 Å². The van der Waals surface area contributed by atoms with Gasteiger partial charge in [0.1, 0.15) is 12.4 Å². The van der Waals surface area contributed by atoms with Crippen LogP contribution in [0.5, 0.6) is 5.75 Å². The van der Waals surface area contributed by atoms with E-state index in [4.69, 9.17) is 23.9 Å². The Morgan fingerprint density at radius 3 is 2.42 bits per heavy atom. The van der Waals surface area contributed by atoms with E-state index in [9.17, 15) is 22.8 Å². The summed E-state index contributed by atoms with van der Waals surface area (Å²) < 4.78 is 47.9. The molecular formula is C24H31F3N4O7. The summed E-state index contributed by atoms with van der Waals surface area (Å²) in [5, 5.41) is 16.6. The van der Waals surface area contributed by atoms with E-state index in [1.807, 2.05) is 0 Å². The van der Waals surface area contributed by atoms with E-state index < -0.39 is 12.1 Å². The normalized spacial score (nSPS) is 13.7. The zero-order valence-electron chi connectivity index (χ0n) is 20.9. The minimum Gasteiger partial charge on any atom is -0.486 e. The third-order valence-corrected chi connectivity index (χ3v) is 5.13. The minimum absolute atomic E-state index is 0.00734. The number of carbonyl (C=O) groups is 3. The first-order valence-corrected chi connectivity index (χ1v) is 11.9. The van der Waals surface area contributed by atoms with Crippen LogP contribution in [0.3, 0.4) is 0 Å². The Morgan fingerprint density at radius 2 is 1.82 bits per heavy atom. The Kier molecular flexibility index (Phi) is 12.5. The summed E-state index contributed by atoms with van der Waals surface area (Å²) in [4.78, 5) is 35.1. The number of ether oxygens (including phenoxy) is 2. The number of carboxylic acids is 1. The van der Waals surface area contributed by atoms with Crippen molar-refractivity contribution in [3.8, 4) is 5.75 Å². The number of alkyl halides is 3. The predicted molar refractivity (Wildman–Crippen MR) is 129 cm³/mol. The van der Waals surface area contributed by atoms with Gasteiger partial charge >= 0.3 is 12.1 Å². The van der Waals surface area contributed by atoms with Crippen LogP contribution in [0.4, 0.5) is 18.9 Å². The van der Waals surface area contributed by atoms with Crippen LogP contribution in [-0.2, 0) is 20.9 Å². The fourth-order valence-corrected chi connectivity index (χ4v) is 3.08. The maximum Gasteiger partial charge on any atom is 0.490 e. The molecule has 0 bridgehead atoms. The molecule has 14 heteroatoms. The highest BCUT2D eigenvalue weighted by Crippen LogP contribution is 2.18. The molecule has 1 aromatic carbocycles. The molecule has 38 heavy (non-hydrogen) atoms. The number of rotatable bonds is 11. The van der Waals surface area contributed by atoms with Crippen molar-refractivity contribution in [2.75, 3.05) is 44.7 Å². The Morgan fingerprint density at radius 1 is 1.16 bits per heavy atom. The number of amides is 2. The number of unbranched alkanes of at least 4 members (excludes halogenated alkanes) is 1. The average molecular weight is 545 g/mol. The molecule has 0 unspecified atom stereocenters. The molecule has 11 nitrogen and oxygen atoms in total. The Balaban J connectivity index is 0.000000638. The largest absolute Gasteiger partial charge is 0.490 e. The van der Waals surface area contributed by atoms with Crippen LogP contribution in [0.15, 0.2) is 34.9 Å². The number of aromatic nitrogens is 1. The van der Waals surface area contributed by atoms with Crippen LogP contribution in [-0.4, -0.2) is 78.5 Å². The van der Waals surface area contributed by atoms with E-state index in [1.54, 1.807) is 30.3 Å². The maximum atomic E-state index is 12.2. The molecule has 2 amide bonds. The summed E-state index contributed by atoms with van der Waals surface area (Å²) in [6, 6.07) is 8.68. The van der Waals surface area contributed by atoms with Gasteiger partial charge in [0.05, 0.1) is 13.2 Å². The van der Waals surface area contributed by atoms with Gasteiger partial charge in [-0.2, -0.15) is 13.2 Å². The molecule has 0 spiro atoms. The third-order valence-electron chi connectivity index (χ3n) is 5.13. The van der Waals surface area contributed by atoms with E-state index >= 15 is 0 Å². The summed E-state index contributed by atoms with van der Waals surface area (Å²) in [6.45, 7) is 6.75. The lowest BCUT2D eigenvalue weighted by atomic mass is 10.2. The number of carbonyl (C=O) groups excluding carboxylic acids is 2. The summed E-state index contributed by atoms with van der Waals surface area (Å²) in [5.41, 5.74) is 0.954. The van der Waals surface area contributed by atoms with E-state index in [0.29, 0.717) is 24.5 Å². The van der Waals surface area contributed by atoms with Crippen LogP contribution in [0, 0.1) is 0 Å². The number of anilines is 1. The fraction of sp³-hybridized carbons (Fsp3) is 0.500. The molecule has 1 aromatic heterocycles. The van der Waals surface area contributed by atoms with Gasteiger partial charge in [-0.25, -0.2) is 4.79 Å². The third kappa shape index (κ3) is 11.6. The summed E-state index contributed by atoms with van der Waals surface area (Å²) in [7, 11) is 0. The molecule has 3 N–H and O–H groups in total. The molecule has 2 heterocycles.